The van der Waals surface area contributed by atoms with Crippen molar-refractivity contribution in [3.8, 4) is 11.5 Å². The van der Waals surface area contributed by atoms with Crippen molar-refractivity contribution in [2.75, 3.05) is 19.5 Å². The number of rotatable bonds is 7. The number of imide groups is 1. The van der Waals surface area contributed by atoms with Crippen molar-refractivity contribution in [2.45, 2.75) is 6.54 Å². The highest BCUT2D eigenvalue weighted by atomic mass is 35.5. The van der Waals surface area contributed by atoms with Crippen molar-refractivity contribution in [1.29, 1.82) is 0 Å². The van der Waals surface area contributed by atoms with Crippen LogP contribution in [-0.2, 0) is 16.1 Å². The molecule has 0 fully saturated rings. The van der Waals surface area contributed by atoms with E-state index >= 15 is 0 Å². The molecule has 0 atom stereocenters. The lowest BCUT2D eigenvalue weighted by Crippen LogP contribution is -2.32. The first-order valence-corrected chi connectivity index (χ1v) is 10.3. The van der Waals surface area contributed by atoms with Crippen molar-refractivity contribution in [2.24, 2.45) is 0 Å². The molecule has 0 unspecified atom stereocenters. The van der Waals surface area contributed by atoms with Crippen molar-refractivity contribution in [3.63, 3.8) is 0 Å². The van der Waals surface area contributed by atoms with Crippen molar-refractivity contribution in [3.05, 3.63) is 94.6 Å². The molecule has 0 saturated carbocycles. The maximum absolute atomic E-state index is 13.4. The summed E-state index contributed by atoms with van der Waals surface area (Å²) < 4.78 is 10.7. The Morgan fingerprint density at radius 1 is 0.875 bits per heavy atom. The predicted molar refractivity (Wildman–Crippen MR) is 124 cm³/mol. The number of anilines is 1. The highest BCUT2D eigenvalue weighted by Gasteiger charge is 2.39. The molecule has 162 valence electrons. The second-order valence-electron chi connectivity index (χ2n) is 7.13. The standard InChI is InChI=1S/C25H21ClN2O4/c1-31-19-12-13-20(21(14-19)32-2)27-23-22(17-8-10-18(26)11-9-17)24(29)28(25(23)30)15-16-6-4-3-5-7-16/h3-14,27H,15H2,1-2H3. The molecule has 1 N–H and O–H groups in total. The van der Waals surface area contributed by atoms with Gasteiger partial charge in [0.25, 0.3) is 11.8 Å². The first-order chi connectivity index (χ1) is 15.5. The van der Waals surface area contributed by atoms with E-state index in [-0.39, 0.29) is 23.7 Å². The van der Waals surface area contributed by atoms with Gasteiger partial charge in [0.15, 0.2) is 0 Å². The average molecular weight is 449 g/mol. The summed E-state index contributed by atoms with van der Waals surface area (Å²) in [5.74, 6) is 0.297. The van der Waals surface area contributed by atoms with Crippen LogP contribution < -0.4 is 14.8 Å². The van der Waals surface area contributed by atoms with Crippen molar-refractivity contribution >= 4 is 34.7 Å². The zero-order chi connectivity index (χ0) is 22.7. The third kappa shape index (κ3) is 4.18. The molecule has 32 heavy (non-hydrogen) atoms. The number of carbonyl (C=O) groups excluding carboxylic acids is 2. The summed E-state index contributed by atoms with van der Waals surface area (Å²) in [5.41, 5.74) is 2.45. The number of methoxy groups -OCH3 is 2. The molecule has 6 nitrogen and oxygen atoms in total. The Hall–Kier alpha value is -3.77. The third-order valence-corrected chi connectivity index (χ3v) is 5.40. The molecule has 1 heterocycles. The van der Waals surface area contributed by atoms with Crippen LogP contribution in [0, 0.1) is 0 Å². The second-order valence-corrected chi connectivity index (χ2v) is 7.57. The van der Waals surface area contributed by atoms with Crippen LogP contribution in [0.3, 0.4) is 0 Å². The van der Waals surface area contributed by atoms with E-state index in [1.165, 1.54) is 12.0 Å². The molecule has 3 aromatic rings. The molecular weight excluding hydrogens is 428 g/mol. The van der Waals surface area contributed by atoms with Gasteiger partial charge in [-0.25, -0.2) is 0 Å². The van der Waals surface area contributed by atoms with E-state index in [4.69, 9.17) is 21.1 Å². The number of ether oxygens (including phenoxy) is 2. The van der Waals surface area contributed by atoms with Gasteiger partial charge >= 0.3 is 0 Å². The number of hydrogen-bond acceptors (Lipinski definition) is 5. The summed E-state index contributed by atoms with van der Waals surface area (Å²) in [6.45, 7) is 0.167. The third-order valence-electron chi connectivity index (χ3n) is 5.15. The molecule has 4 rings (SSSR count). The first-order valence-electron chi connectivity index (χ1n) is 9.91. The molecule has 0 radical (unpaired) electrons. The van der Waals surface area contributed by atoms with Gasteiger partial charge in [0, 0.05) is 11.1 Å². The van der Waals surface area contributed by atoms with E-state index in [9.17, 15) is 9.59 Å². The highest BCUT2D eigenvalue weighted by molar-refractivity contribution is 6.36. The molecule has 0 aromatic heterocycles. The molecule has 1 aliphatic rings. The normalized spacial score (nSPS) is 13.5. The maximum atomic E-state index is 13.4. The van der Waals surface area contributed by atoms with Gasteiger partial charge in [-0.1, -0.05) is 54.1 Å². The molecule has 0 spiro atoms. The van der Waals surface area contributed by atoms with Gasteiger partial charge in [0.05, 0.1) is 32.0 Å². The Kier molecular flexibility index (Phi) is 6.14. The Morgan fingerprint density at radius 2 is 1.59 bits per heavy atom. The number of nitrogens with one attached hydrogen (secondary N) is 1. The zero-order valence-corrected chi connectivity index (χ0v) is 18.3. The molecule has 0 bridgehead atoms. The molecule has 0 saturated heterocycles. The maximum Gasteiger partial charge on any atom is 0.278 e. The summed E-state index contributed by atoms with van der Waals surface area (Å²) in [4.78, 5) is 28.0. The number of benzene rings is 3. The monoisotopic (exact) mass is 448 g/mol. The molecule has 1 aliphatic heterocycles. The van der Waals surface area contributed by atoms with Crippen LogP contribution in [0.2, 0.25) is 5.02 Å². The Balaban J connectivity index is 1.76. The average Bonchev–Trinajstić information content (AvgIpc) is 3.05. The van der Waals surface area contributed by atoms with Crippen LogP contribution in [0.5, 0.6) is 11.5 Å². The molecular formula is C25H21ClN2O4. The topological polar surface area (TPSA) is 67.9 Å². The van der Waals surface area contributed by atoms with Gasteiger partial charge in [0.2, 0.25) is 0 Å². The summed E-state index contributed by atoms with van der Waals surface area (Å²) >= 11 is 6.03. The number of hydrogen-bond donors (Lipinski definition) is 1. The van der Waals surface area contributed by atoms with E-state index < -0.39 is 5.91 Å². The lowest BCUT2D eigenvalue weighted by atomic mass is 10.0. The summed E-state index contributed by atoms with van der Waals surface area (Å²) in [7, 11) is 3.08. The fourth-order valence-corrected chi connectivity index (χ4v) is 3.65. The van der Waals surface area contributed by atoms with Gasteiger partial charge in [-0.2, -0.15) is 0 Å². The van der Waals surface area contributed by atoms with E-state index in [1.807, 2.05) is 30.3 Å². The fraction of sp³-hybridized carbons (Fsp3) is 0.120. The number of carbonyl (C=O) groups is 2. The van der Waals surface area contributed by atoms with E-state index in [0.29, 0.717) is 27.8 Å². The van der Waals surface area contributed by atoms with Crippen LogP contribution in [0.4, 0.5) is 5.69 Å². The van der Waals surface area contributed by atoms with Gasteiger partial charge in [0.1, 0.15) is 17.2 Å². The molecule has 7 heteroatoms. The highest BCUT2D eigenvalue weighted by Crippen LogP contribution is 2.35. The molecule has 3 aromatic carbocycles. The largest absolute Gasteiger partial charge is 0.497 e. The lowest BCUT2D eigenvalue weighted by Gasteiger charge is -2.16. The summed E-state index contributed by atoms with van der Waals surface area (Å²) in [6, 6.07) is 21.4. The van der Waals surface area contributed by atoms with Crippen LogP contribution in [0.25, 0.3) is 5.57 Å². The van der Waals surface area contributed by atoms with Crippen LogP contribution in [-0.4, -0.2) is 30.9 Å². The SMILES string of the molecule is COc1ccc(NC2=C(c3ccc(Cl)cc3)C(=O)N(Cc3ccccc3)C2=O)c(OC)c1. The minimum absolute atomic E-state index is 0.167. The van der Waals surface area contributed by atoms with Gasteiger partial charge in [-0.3, -0.25) is 14.5 Å². The minimum atomic E-state index is -0.415. The predicted octanol–water partition coefficient (Wildman–Crippen LogP) is 4.75. The van der Waals surface area contributed by atoms with E-state index in [1.54, 1.807) is 49.6 Å². The Morgan fingerprint density at radius 3 is 2.25 bits per heavy atom. The van der Waals surface area contributed by atoms with E-state index in [2.05, 4.69) is 5.32 Å². The van der Waals surface area contributed by atoms with Gasteiger partial charge < -0.3 is 14.8 Å². The Bertz CT molecular complexity index is 1190. The van der Waals surface area contributed by atoms with Crippen molar-refractivity contribution < 1.29 is 19.1 Å². The van der Waals surface area contributed by atoms with Crippen molar-refractivity contribution in [1.82, 2.24) is 4.90 Å². The van der Waals surface area contributed by atoms with Crippen LogP contribution in [0.15, 0.2) is 78.5 Å². The summed E-state index contributed by atoms with van der Waals surface area (Å²) in [5, 5.41) is 3.67. The van der Waals surface area contributed by atoms with Crippen LogP contribution in [0.1, 0.15) is 11.1 Å². The summed E-state index contributed by atoms with van der Waals surface area (Å²) in [6.07, 6.45) is 0. The van der Waals surface area contributed by atoms with Crippen LogP contribution >= 0.6 is 11.6 Å². The minimum Gasteiger partial charge on any atom is -0.497 e. The quantitative estimate of drug-likeness (QED) is 0.528. The lowest BCUT2D eigenvalue weighted by molar-refractivity contribution is -0.137. The molecule has 2 amide bonds. The number of amides is 2. The van der Waals surface area contributed by atoms with Gasteiger partial charge in [-0.15, -0.1) is 0 Å². The molecule has 0 aliphatic carbocycles. The second kappa shape index (κ2) is 9.16. The van der Waals surface area contributed by atoms with E-state index in [0.717, 1.165) is 5.56 Å². The van der Waals surface area contributed by atoms with Gasteiger partial charge in [-0.05, 0) is 35.4 Å². The Labute approximate surface area is 191 Å². The first kappa shape index (κ1) is 21.5. The number of halogens is 1. The fourth-order valence-electron chi connectivity index (χ4n) is 3.52. The zero-order valence-electron chi connectivity index (χ0n) is 17.6. The smallest absolute Gasteiger partial charge is 0.278 e. The number of nitrogens with zero attached hydrogens (tertiary/aromatic N) is 1.